The van der Waals surface area contributed by atoms with Crippen molar-refractivity contribution < 1.29 is 0 Å². The predicted octanol–water partition coefficient (Wildman–Crippen LogP) is 1.85. The maximum atomic E-state index is 5.81. The van der Waals surface area contributed by atoms with Crippen molar-refractivity contribution in [3.05, 3.63) is 0 Å². The van der Waals surface area contributed by atoms with Gasteiger partial charge in [-0.05, 0) is 62.9 Å². The van der Waals surface area contributed by atoms with Gasteiger partial charge in [0.1, 0.15) is 0 Å². The van der Waals surface area contributed by atoms with E-state index in [4.69, 9.17) is 5.73 Å². The van der Waals surface area contributed by atoms with Crippen LogP contribution in [-0.2, 0) is 0 Å². The zero-order valence-corrected chi connectivity index (χ0v) is 9.70. The van der Waals surface area contributed by atoms with Crippen LogP contribution in [0.3, 0.4) is 0 Å². The van der Waals surface area contributed by atoms with Crippen molar-refractivity contribution in [3.63, 3.8) is 0 Å². The Hall–Kier alpha value is -0.0800. The molecule has 86 valence electrons. The lowest BCUT2D eigenvalue weighted by atomic mass is 9.90. The largest absolute Gasteiger partial charge is 0.330 e. The van der Waals surface area contributed by atoms with E-state index in [9.17, 15) is 0 Å². The molecule has 2 aliphatic carbocycles. The molecule has 2 nitrogen and oxygen atoms in total. The van der Waals surface area contributed by atoms with Gasteiger partial charge in [0.2, 0.25) is 0 Å². The van der Waals surface area contributed by atoms with Crippen LogP contribution in [0.5, 0.6) is 0 Å². The highest BCUT2D eigenvalue weighted by Gasteiger charge is 2.42. The van der Waals surface area contributed by atoms with E-state index in [1.54, 1.807) is 0 Å². The third-order valence-corrected chi connectivity index (χ3v) is 5.05. The Morgan fingerprint density at radius 3 is 2.73 bits per heavy atom. The predicted molar refractivity (Wildman–Crippen MR) is 62.6 cm³/mol. The molecule has 3 fully saturated rings. The summed E-state index contributed by atoms with van der Waals surface area (Å²) in [5, 5.41) is 0. The van der Waals surface area contributed by atoms with E-state index < -0.39 is 0 Å². The molecule has 4 atom stereocenters. The van der Waals surface area contributed by atoms with Crippen molar-refractivity contribution in [1.82, 2.24) is 4.90 Å². The van der Waals surface area contributed by atoms with Gasteiger partial charge < -0.3 is 5.73 Å². The Kier molecular flexibility index (Phi) is 2.73. The number of hydrogen-bond donors (Lipinski definition) is 1. The molecular weight excluding hydrogens is 184 g/mol. The second-order valence-corrected chi connectivity index (χ2v) is 5.98. The first kappa shape index (κ1) is 10.1. The van der Waals surface area contributed by atoms with Crippen LogP contribution in [0.15, 0.2) is 0 Å². The molecule has 1 saturated heterocycles. The van der Waals surface area contributed by atoms with Gasteiger partial charge in [-0.15, -0.1) is 0 Å². The molecular formula is C13H24N2. The topological polar surface area (TPSA) is 29.3 Å². The van der Waals surface area contributed by atoms with Crippen LogP contribution in [-0.4, -0.2) is 30.6 Å². The van der Waals surface area contributed by atoms with Gasteiger partial charge in [0.25, 0.3) is 0 Å². The van der Waals surface area contributed by atoms with Crippen molar-refractivity contribution >= 4 is 0 Å². The van der Waals surface area contributed by atoms with Gasteiger partial charge >= 0.3 is 0 Å². The molecule has 2 heteroatoms. The van der Waals surface area contributed by atoms with E-state index in [0.29, 0.717) is 0 Å². The Bertz CT molecular complexity index is 229. The molecule has 3 rings (SSSR count). The summed E-state index contributed by atoms with van der Waals surface area (Å²) in [6.45, 7) is 3.55. The van der Waals surface area contributed by atoms with Gasteiger partial charge in [-0.3, -0.25) is 4.90 Å². The molecule has 0 aromatic rings. The zero-order valence-electron chi connectivity index (χ0n) is 9.70. The third kappa shape index (κ3) is 1.83. The van der Waals surface area contributed by atoms with E-state index in [2.05, 4.69) is 4.90 Å². The zero-order chi connectivity index (χ0) is 10.3. The first-order valence-electron chi connectivity index (χ1n) is 6.81. The fourth-order valence-corrected chi connectivity index (χ4v) is 4.25. The van der Waals surface area contributed by atoms with Crippen LogP contribution < -0.4 is 5.73 Å². The Balaban J connectivity index is 1.62. The first-order valence-corrected chi connectivity index (χ1v) is 6.81. The number of nitrogens with two attached hydrogens (primary N) is 1. The molecule has 2 N–H and O–H groups in total. The summed E-state index contributed by atoms with van der Waals surface area (Å²) < 4.78 is 0. The smallest absolute Gasteiger partial charge is 0.0126 e. The number of nitrogens with zero attached hydrogens (tertiary/aromatic N) is 1. The summed E-state index contributed by atoms with van der Waals surface area (Å²) in [5.74, 6) is 2.92. The lowest BCUT2D eigenvalue weighted by Gasteiger charge is -2.40. The van der Waals surface area contributed by atoms with E-state index in [0.717, 1.165) is 30.3 Å². The molecule has 15 heavy (non-hydrogen) atoms. The fourth-order valence-electron chi connectivity index (χ4n) is 4.25. The third-order valence-electron chi connectivity index (χ3n) is 5.05. The molecule has 0 radical (unpaired) electrons. The number of fused-ring (bicyclic) bond motifs is 2. The average Bonchev–Trinajstić information content (AvgIpc) is 2.91. The Labute approximate surface area is 93.2 Å². The number of piperidine rings is 1. The monoisotopic (exact) mass is 208 g/mol. The SMILES string of the molecule is NCC1CCCN(C2CC3CCC2C3)C1. The van der Waals surface area contributed by atoms with Gasteiger partial charge in [0, 0.05) is 12.6 Å². The first-order chi connectivity index (χ1) is 7.36. The maximum absolute atomic E-state index is 5.81. The molecule has 0 aromatic carbocycles. The fraction of sp³-hybridized carbons (Fsp3) is 1.00. The molecule has 4 unspecified atom stereocenters. The van der Waals surface area contributed by atoms with Gasteiger partial charge in [0.15, 0.2) is 0 Å². The molecule has 2 bridgehead atoms. The summed E-state index contributed by atoms with van der Waals surface area (Å²) in [5.41, 5.74) is 5.81. The van der Waals surface area contributed by atoms with Crippen LogP contribution >= 0.6 is 0 Å². The van der Waals surface area contributed by atoms with Gasteiger partial charge in [0.05, 0.1) is 0 Å². The lowest BCUT2D eigenvalue weighted by Crippen LogP contribution is -2.46. The van der Waals surface area contributed by atoms with Crippen molar-refractivity contribution in [2.75, 3.05) is 19.6 Å². The maximum Gasteiger partial charge on any atom is 0.0126 e. The molecule has 1 aliphatic heterocycles. The molecule has 3 aliphatic rings. The van der Waals surface area contributed by atoms with Crippen LogP contribution in [0.1, 0.15) is 38.5 Å². The van der Waals surface area contributed by atoms with E-state index in [1.807, 2.05) is 0 Å². The van der Waals surface area contributed by atoms with Crippen molar-refractivity contribution in [2.45, 2.75) is 44.6 Å². The molecule has 1 heterocycles. The molecule has 0 spiro atoms. The van der Waals surface area contributed by atoms with E-state index >= 15 is 0 Å². The van der Waals surface area contributed by atoms with E-state index in [-0.39, 0.29) is 0 Å². The summed E-state index contributed by atoms with van der Waals surface area (Å²) in [6, 6.07) is 0.943. The van der Waals surface area contributed by atoms with E-state index in [1.165, 1.54) is 51.6 Å². The summed E-state index contributed by atoms with van der Waals surface area (Å²) in [4.78, 5) is 2.78. The van der Waals surface area contributed by atoms with Gasteiger partial charge in [-0.25, -0.2) is 0 Å². The number of likely N-dealkylation sites (tertiary alicyclic amines) is 1. The summed E-state index contributed by atoms with van der Waals surface area (Å²) >= 11 is 0. The minimum Gasteiger partial charge on any atom is -0.330 e. The summed E-state index contributed by atoms with van der Waals surface area (Å²) in [6.07, 6.45) is 8.83. The minimum absolute atomic E-state index is 0.790. The van der Waals surface area contributed by atoms with Crippen LogP contribution in [0.25, 0.3) is 0 Å². The number of hydrogen-bond acceptors (Lipinski definition) is 2. The number of rotatable bonds is 2. The minimum atomic E-state index is 0.790. The summed E-state index contributed by atoms with van der Waals surface area (Å²) in [7, 11) is 0. The van der Waals surface area contributed by atoms with Crippen LogP contribution in [0, 0.1) is 17.8 Å². The Morgan fingerprint density at radius 2 is 2.07 bits per heavy atom. The van der Waals surface area contributed by atoms with Crippen LogP contribution in [0.4, 0.5) is 0 Å². The van der Waals surface area contributed by atoms with Gasteiger partial charge in [-0.1, -0.05) is 6.42 Å². The normalized spacial score (nSPS) is 46.2. The van der Waals surface area contributed by atoms with Crippen molar-refractivity contribution in [1.29, 1.82) is 0 Å². The highest BCUT2D eigenvalue weighted by molar-refractivity contribution is 4.96. The standard InChI is InChI=1S/C13H24N2/c14-8-11-2-1-5-15(9-11)13-7-10-3-4-12(13)6-10/h10-13H,1-9,14H2. The molecule has 0 amide bonds. The second kappa shape index (κ2) is 4.06. The molecule has 0 aromatic heterocycles. The lowest BCUT2D eigenvalue weighted by molar-refractivity contribution is 0.0909. The highest BCUT2D eigenvalue weighted by Crippen LogP contribution is 2.47. The van der Waals surface area contributed by atoms with Crippen LogP contribution in [0.2, 0.25) is 0 Å². The quantitative estimate of drug-likeness (QED) is 0.750. The molecule has 2 saturated carbocycles. The Morgan fingerprint density at radius 1 is 1.13 bits per heavy atom. The van der Waals surface area contributed by atoms with Gasteiger partial charge in [-0.2, -0.15) is 0 Å². The highest BCUT2D eigenvalue weighted by atomic mass is 15.2. The second-order valence-electron chi connectivity index (χ2n) is 5.98. The van der Waals surface area contributed by atoms with Crippen molar-refractivity contribution in [2.24, 2.45) is 23.5 Å². The van der Waals surface area contributed by atoms with Crippen molar-refractivity contribution in [3.8, 4) is 0 Å². The average molecular weight is 208 g/mol.